The Morgan fingerprint density at radius 2 is 1.76 bits per heavy atom. The van der Waals surface area contributed by atoms with Crippen molar-refractivity contribution in [2.75, 3.05) is 6.54 Å². The minimum atomic E-state index is -0.785. The molecule has 4 heteroatoms. The Morgan fingerprint density at radius 3 is 2.38 bits per heavy atom. The van der Waals surface area contributed by atoms with E-state index in [-0.39, 0.29) is 0 Å². The first-order valence-corrected chi connectivity index (χ1v) is 8.56. The van der Waals surface area contributed by atoms with Crippen LogP contribution in [-0.4, -0.2) is 23.7 Å². The number of nitrogens with two attached hydrogens (primary N) is 1. The molecule has 0 heterocycles. The van der Waals surface area contributed by atoms with Gasteiger partial charge in [-0.05, 0) is 44.8 Å². The maximum absolute atomic E-state index is 11.1. The second kappa shape index (κ2) is 15.4. The van der Waals surface area contributed by atoms with Crippen molar-refractivity contribution < 1.29 is 9.90 Å². The zero-order valence-corrected chi connectivity index (χ0v) is 13.7. The van der Waals surface area contributed by atoms with E-state index in [9.17, 15) is 4.79 Å². The van der Waals surface area contributed by atoms with Gasteiger partial charge in [-0.1, -0.05) is 51.5 Å². The third-order valence-corrected chi connectivity index (χ3v) is 3.63. The second-order valence-corrected chi connectivity index (χ2v) is 5.65. The fraction of sp³-hybridized carbons (Fsp3) is 0.824. The number of carboxylic acid groups (broad SMARTS) is 1. The number of allylic oxidation sites excluding steroid dienone is 1. The summed E-state index contributed by atoms with van der Waals surface area (Å²) in [5, 5.41) is 12.1. The van der Waals surface area contributed by atoms with E-state index >= 15 is 0 Å². The third-order valence-electron chi connectivity index (χ3n) is 3.63. The van der Waals surface area contributed by atoms with Gasteiger partial charge in [0.1, 0.15) is 6.04 Å². The van der Waals surface area contributed by atoms with Crippen LogP contribution >= 0.6 is 0 Å². The Bertz CT molecular complexity index is 268. The maximum Gasteiger partial charge on any atom is 0.326 e. The average Bonchev–Trinajstić information content (AvgIpc) is 2.47. The van der Waals surface area contributed by atoms with E-state index in [1.807, 2.05) is 6.08 Å². The van der Waals surface area contributed by atoms with Crippen molar-refractivity contribution >= 4 is 5.97 Å². The monoisotopic (exact) mass is 298 g/mol. The summed E-state index contributed by atoms with van der Waals surface area (Å²) in [7, 11) is 0. The number of unbranched alkanes of at least 4 members (excludes halogenated alkanes) is 8. The molecule has 0 spiro atoms. The van der Waals surface area contributed by atoms with Crippen LogP contribution in [-0.2, 0) is 4.79 Å². The number of hydrogen-bond donors (Lipinski definition) is 3. The van der Waals surface area contributed by atoms with Gasteiger partial charge in [0.15, 0.2) is 0 Å². The molecule has 4 N–H and O–H groups in total. The summed E-state index contributed by atoms with van der Waals surface area (Å²) in [6.07, 6.45) is 16.4. The SMILES string of the molecule is CCCCCCCCCC=CNC(CCCCN)C(=O)O. The van der Waals surface area contributed by atoms with Crippen LogP contribution in [0.25, 0.3) is 0 Å². The van der Waals surface area contributed by atoms with E-state index < -0.39 is 12.0 Å². The Kier molecular flexibility index (Phi) is 14.6. The molecule has 0 bridgehead atoms. The number of nitrogens with one attached hydrogen (secondary N) is 1. The van der Waals surface area contributed by atoms with Crippen LogP contribution in [0, 0.1) is 0 Å². The smallest absolute Gasteiger partial charge is 0.326 e. The zero-order chi connectivity index (χ0) is 15.8. The molecule has 4 nitrogen and oxygen atoms in total. The van der Waals surface area contributed by atoms with Gasteiger partial charge in [-0.3, -0.25) is 0 Å². The molecule has 0 rings (SSSR count). The summed E-state index contributed by atoms with van der Waals surface area (Å²) in [6.45, 7) is 2.86. The molecule has 0 saturated carbocycles. The summed E-state index contributed by atoms with van der Waals surface area (Å²) >= 11 is 0. The largest absolute Gasteiger partial charge is 0.480 e. The molecule has 0 aliphatic carbocycles. The van der Waals surface area contributed by atoms with Crippen molar-refractivity contribution in [2.45, 2.75) is 83.6 Å². The fourth-order valence-corrected chi connectivity index (χ4v) is 2.26. The lowest BCUT2D eigenvalue weighted by Crippen LogP contribution is -2.33. The summed E-state index contributed by atoms with van der Waals surface area (Å²) in [6, 6.07) is -0.484. The quantitative estimate of drug-likeness (QED) is 0.402. The Morgan fingerprint density at radius 1 is 1.10 bits per heavy atom. The molecule has 21 heavy (non-hydrogen) atoms. The van der Waals surface area contributed by atoms with Gasteiger partial charge in [-0.25, -0.2) is 4.79 Å². The molecule has 0 aromatic carbocycles. The van der Waals surface area contributed by atoms with Crippen molar-refractivity contribution in [3.8, 4) is 0 Å². The highest BCUT2D eigenvalue weighted by molar-refractivity contribution is 5.73. The number of carbonyl (C=O) groups is 1. The minimum Gasteiger partial charge on any atom is -0.480 e. The van der Waals surface area contributed by atoms with E-state index in [1.54, 1.807) is 6.20 Å². The van der Waals surface area contributed by atoms with E-state index in [2.05, 4.69) is 12.2 Å². The number of aliphatic carboxylic acids is 1. The van der Waals surface area contributed by atoms with Gasteiger partial charge >= 0.3 is 5.97 Å². The Hall–Kier alpha value is -1.03. The second-order valence-electron chi connectivity index (χ2n) is 5.65. The van der Waals surface area contributed by atoms with Crippen LogP contribution < -0.4 is 11.1 Å². The van der Waals surface area contributed by atoms with Gasteiger partial charge in [-0.2, -0.15) is 0 Å². The first-order valence-electron chi connectivity index (χ1n) is 8.56. The summed E-state index contributed by atoms with van der Waals surface area (Å²) in [5.74, 6) is -0.785. The minimum absolute atomic E-state index is 0.484. The highest BCUT2D eigenvalue weighted by Gasteiger charge is 2.13. The summed E-state index contributed by atoms with van der Waals surface area (Å²) in [4.78, 5) is 11.1. The molecule has 0 amide bonds. The molecule has 0 radical (unpaired) electrons. The van der Waals surface area contributed by atoms with Gasteiger partial charge in [-0.15, -0.1) is 0 Å². The van der Waals surface area contributed by atoms with Crippen LogP contribution in [0.15, 0.2) is 12.3 Å². The van der Waals surface area contributed by atoms with Gasteiger partial charge in [0.25, 0.3) is 0 Å². The zero-order valence-electron chi connectivity index (χ0n) is 13.7. The highest BCUT2D eigenvalue weighted by Crippen LogP contribution is 2.08. The van der Waals surface area contributed by atoms with E-state index in [1.165, 1.54) is 44.9 Å². The van der Waals surface area contributed by atoms with E-state index in [4.69, 9.17) is 10.8 Å². The van der Waals surface area contributed by atoms with Crippen molar-refractivity contribution in [3.05, 3.63) is 12.3 Å². The van der Waals surface area contributed by atoms with Crippen LogP contribution in [0.5, 0.6) is 0 Å². The van der Waals surface area contributed by atoms with Crippen molar-refractivity contribution in [3.63, 3.8) is 0 Å². The lowest BCUT2D eigenvalue weighted by atomic mass is 10.1. The predicted octanol–water partition coefficient (Wildman–Crippen LogP) is 3.81. The van der Waals surface area contributed by atoms with Crippen molar-refractivity contribution in [1.82, 2.24) is 5.32 Å². The number of carboxylic acids is 1. The first-order chi connectivity index (χ1) is 10.2. The van der Waals surface area contributed by atoms with Gasteiger partial charge in [0.05, 0.1) is 0 Å². The van der Waals surface area contributed by atoms with Gasteiger partial charge < -0.3 is 16.2 Å². The highest BCUT2D eigenvalue weighted by atomic mass is 16.4. The fourth-order valence-electron chi connectivity index (χ4n) is 2.26. The Labute approximate surface area is 130 Å². The molecule has 1 unspecified atom stereocenters. The molecule has 0 fully saturated rings. The van der Waals surface area contributed by atoms with E-state index in [0.29, 0.717) is 13.0 Å². The molecule has 0 aromatic heterocycles. The van der Waals surface area contributed by atoms with Crippen LogP contribution in [0.3, 0.4) is 0 Å². The predicted molar refractivity (Wildman–Crippen MR) is 89.2 cm³/mol. The number of rotatable bonds is 15. The summed E-state index contributed by atoms with van der Waals surface area (Å²) < 4.78 is 0. The molecule has 0 saturated heterocycles. The molecule has 0 aliphatic rings. The first kappa shape index (κ1) is 20.0. The average molecular weight is 298 g/mol. The third kappa shape index (κ3) is 13.7. The standard InChI is InChI=1S/C17H34N2O2/c1-2-3-4-5-6-7-8-9-12-15-19-16(17(20)21)13-10-11-14-18/h12,15-16,19H,2-11,13-14,18H2,1H3,(H,20,21). The van der Waals surface area contributed by atoms with Crippen LogP contribution in [0.2, 0.25) is 0 Å². The van der Waals surface area contributed by atoms with E-state index in [0.717, 1.165) is 19.3 Å². The van der Waals surface area contributed by atoms with Crippen molar-refractivity contribution in [2.24, 2.45) is 5.73 Å². The Balaban J connectivity index is 3.55. The number of hydrogen-bond acceptors (Lipinski definition) is 3. The molecular formula is C17H34N2O2. The molecule has 0 aliphatic heterocycles. The lowest BCUT2D eigenvalue weighted by molar-refractivity contribution is -0.139. The topological polar surface area (TPSA) is 75.3 Å². The maximum atomic E-state index is 11.1. The molecule has 124 valence electrons. The lowest BCUT2D eigenvalue weighted by Gasteiger charge is -2.11. The van der Waals surface area contributed by atoms with Crippen LogP contribution in [0.1, 0.15) is 77.6 Å². The normalized spacial score (nSPS) is 12.7. The molecule has 1 atom stereocenters. The van der Waals surface area contributed by atoms with Gasteiger partial charge in [0.2, 0.25) is 0 Å². The summed E-state index contributed by atoms with van der Waals surface area (Å²) in [5.41, 5.74) is 5.42. The molecule has 0 aromatic rings. The van der Waals surface area contributed by atoms with Gasteiger partial charge in [0, 0.05) is 0 Å². The molecular weight excluding hydrogens is 264 g/mol. The van der Waals surface area contributed by atoms with Crippen LogP contribution in [0.4, 0.5) is 0 Å². The van der Waals surface area contributed by atoms with Crippen molar-refractivity contribution in [1.29, 1.82) is 0 Å².